The second kappa shape index (κ2) is 14.1. The Kier molecular flexibility index (Phi) is 14.1. The van der Waals surface area contributed by atoms with Crippen molar-refractivity contribution >= 4 is 51.5 Å². The number of imide groups is 1. The van der Waals surface area contributed by atoms with Gasteiger partial charge in [0, 0.05) is 0 Å². The van der Waals surface area contributed by atoms with E-state index >= 15 is 0 Å². The van der Waals surface area contributed by atoms with E-state index in [9.17, 15) is 22.6 Å². The third kappa shape index (κ3) is 7.71. The maximum atomic E-state index is 12.4. The first kappa shape index (κ1) is 28.1. The normalized spacial score (nSPS) is 22.2. The molecule has 1 saturated heterocycles. The van der Waals surface area contributed by atoms with Crippen molar-refractivity contribution in [3.05, 3.63) is 0 Å². The number of hydrogen-bond donors (Lipinski definition) is 2. The van der Waals surface area contributed by atoms with Crippen LogP contribution < -0.4 is 5.32 Å². The maximum absolute atomic E-state index is 12.4. The topological polar surface area (TPSA) is 101 Å². The molecule has 28 heavy (non-hydrogen) atoms. The molecule has 2 unspecified atom stereocenters. The van der Waals surface area contributed by atoms with Crippen molar-refractivity contribution in [2.24, 2.45) is 5.92 Å². The second-order valence-corrected chi connectivity index (χ2v) is 9.49. The van der Waals surface area contributed by atoms with Gasteiger partial charge >= 0.3 is 29.6 Å². The summed E-state index contributed by atoms with van der Waals surface area (Å²) in [4.78, 5) is 24.7. The molecule has 1 aliphatic heterocycles. The zero-order valence-corrected chi connectivity index (χ0v) is 17.8. The Hall–Kier alpha value is 0.0500. The molecule has 1 rings (SSSR count). The molecule has 0 aromatic heterocycles. The van der Waals surface area contributed by atoms with Gasteiger partial charge in [-0.1, -0.05) is 90.9 Å². The molecule has 0 aliphatic carbocycles. The van der Waals surface area contributed by atoms with Crippen molar-refractivity contribution in [3.63, 3.8) is 0 Å². The molecule has 1 heterocycles. The summed E-state index contributed by atoms with van der Waals surface area (Å²) in [5, 5.41) is 2.17. The molecule has 1 fully saturated rings. The van der Waals surface area contributed by atoms with Gasteiger partial charge in [0.25, 0.3) is 16.0 Å². The second-order valence-electron chi connectivity index (χ2n) is 7.81. The number of carbonyl (C=O) groups excluding carboxylic acids is 2. The summed E-state index contributed by atoms with van der Waals surface area (Å²) in [5.41, 5.74) is 0. The molecule has 0 bridgehead atoms. The Balaban J connectivity index is 0.00000729. The van der Waals surface area contributed by atoms with Crippen molar-refractivity contribution in [3.8, 4) is 0 Å². The third-order valence-corrected chi connectivity index (χ3v) is 7.30. The Morgan fingerprint density at radius 1 is 0.857 bits per heavy atom. The van der Waals surface area contributed by atoms with E-state index in [4.69, 9.17) is 0 Å². The average Bonchev–Trinajstić information content (AvgIpc) is 2.84. The Bertz CT molecular complexity index is 581. The minimum atomic E-state index is -4.68. The first-order chi connectivity index (χ1) is 12.8. The molecule has 1 aliphatic rings. The van der Waals surface area contributed by atoms with Crippen LogP contribution in [0.1, 0.15) is 104 Å². The van der Waals surface area contributed by atoms with E-state index in [2.05, 4.69) is 19.2 Å². The van der Waals surface area contributed by atoms with Gasteiger partial charge in [-0.05, 0) is 12.8 Å². The Morgan fingerprint density at radius 3 is 1.82 bits per heavy atom. The molecule has 2 atom stereocenters. The standard InChI is InChI=1S/C20H37NO5S.Na.H/c1-3-5-7-9-11-13-15-17-18(22)21-19(23)20(17,27(24,25)26)16-14-12-10-8-6-4-2;;/h17H,3-16H2,1-2H3,(H,21,22,23)(H,24,25,26);;. The molecule has 0 spiro atoms. The molecule has 6 nitrogen and oxygen atoms in total. The van der Waals surface area contributed by atoms with Gasteiger partial charge in [0.05, 0.1) is 5.92 Å². The van der Waals surface area contributed by atoms with Crippen LogP contribution in [-0.4, -0.2) is 59.1 Å². The fraction of sp³-hybridized carbons (Fsp3) is 0.900. The first-order valence-corrected chi connectivity index (χ1v) is 12.1. The monoisotopic (exact) mass is 427 g/mol. The summed E-state index contributed by atoms with van der Waals surface area (Å²) in [6.07, 6.45) is 12.0. The van der Waals surface area contributed by atoms with E-state index in [0.717, 1.165) is 64.2 Å². The van der Waals surface area contributed by atoms with Gasteiger partial charge in [-0.2, -0.15) is 8.42 Å². The molecule has 160 valence electrons. The van der Waals surface area contributed by atoms with Crippen LogP contribution >= 0.6 is 0 Å². The number of amides is 2. The zero-order valence-electron chi connectivity index (χ0n) is 17.0. The van der Waals surface area contributed by atoms with E-state index in [1.54, 1.807) is 0 Å². The average molecular weight is 428 g/mol. The Labute approximate surface area is 193 Å². The number of carbonyl (C=O) groups is 2. The SMILES string of the molecule is CCCCCCCCC1C(=O)NC(=O)C1(CCCCCCCC)S(=O)(=O)O.[NaH]. The Morgan fingerprint density at radius 2 is 1.32 bits per heavy atom. The number of rotatable bonds is 15. The van der Waals surface area contributed by atoms with E-state index in [1.807, 2.05) is 0 Å². The summed E-state index contributed by atoms with van der Waals surface area (Å²) in [6.45, 7) is 4.26. The van der Waals surface area contributed by atoms with Crippen LogP contribution in [0, 0.1) is 5.92 Å². The molecule has 8 heteroatoms. The van der Waals surface area contributed by atoms with Gasteiger partial charge in [0.2, 0.25) is 5.91 Å². The first-order valence-electron chi connectivity index (χ1n) is 10.6. The summed E-state index contributed by atoms with van der Waals surface area (Å²) in [5.74, 6) is -2.39. The summed E-state index contributed by atoms with van der Waals surface area (Å²) in [7, 11) is -4.68. The molecule has 0 aromatic rings. The minimum absolute atomic E-state index is 0. The molecule has 0 radical (unpaired) electrons. The number of nitrogens with one attached hydrogen (secondary N) is 1. The van der Waals surface area contributed by atoms with E-state index < -0.39 is 32.6 Å². The van der Waals surface area contributed by atoms with Gasteiger partial charge in [0.15, 0.2) is 4.75 Å². The van der Waals surface area contributed by atoms with Crippen LogP contribution in [0.15, 0.2) is 0 Å². The van der Waals surface area contributed by atoms with Crippen LogP contribution in [0.4, 0.5) is 0 Å². The quantitative estimate of drug-likeness (QED) is 0.179. The van der Waals surface area contributed by atoms with Crippen LogP contribution in [0.5, 0.6) is 0 Å². The van der Waals surface area contributed by atoms with Gasteiger partial charge in [-0.3, -0.25) is 19.5 Å². The summed E-state index contributed by atoms with van der Waals surface area (Å²) >= 11 is 0. The zero-order chi connectivity index (χ0) is 20.3. The number of unbranched alkanes of at least 4 members (excludes halogenated alkanes) is 10. The molecule has 0 aromatic carbocycles. The van der Waals surface area contributed by atoms with Gasteiger partial charge in [-0.15, -0.1) is 0 Å². The molecule has 0 saturated carbocycles. The van der Waals surface area contributed by atoms with Crippen molar-refractivity contribution < 1.29 is 22.6 Å². The van der Waals surface area contributed by atoms with Crippen molar-refractivity contribution in [1.29, 1.82) is 0 Å². The molecule has 2 amide bonds. The molecular formula is C20H38NNaO5S. The van der Waals surface area contributed by atoms with Crippen LogP contribution in [0.3, 0.4) is 0 Å². The molecule has 2 N–H and O–H groups in total. The van der Waals surface area contributed by atoms with E-state index in [0.29, 0.717) is 19.3 Å². The predicted molar refractivity (Wildman–Crippen MR) is 114 cm³/mol. The van der Waals surface area contributed by atoms with Crippen LogP contribution in [0.25, 0.3) is 0 Å². The summed E-state index contributed by atoms with van der Waals surface area (Å²) < 4.78 is 32.3. The fourth-order valence-electron chi connectivity index (χ4n) is 4.05. The summed E-state index contributed by atoms with van der Waals surface area (Å²) in [6, 6.07) is 0. The number of hydrogen-bond acceptors (Lipinski definition) is 4. The van der Waals surface area contributed by atoms with Crippen molar-refractivity contribution in [2.75, 3.05) is 0 Å². The van der Waals surface area contributed by atoms with Crippen LogP contribution in [-0.2, 0) is 19.7 Å². The van der Waals surface area contributed by atoms with Crippen molar-refractivity contribution in [2.45, 2.75) is 108 Å². The van der Waals surface area contributed by atoms with Gasteiger partial charge in [0.1, 0.15) is 0 Å². The van der Waals surface area contributed by atoms with Gasteiger partial charge in [-0.25, -0.2) is 0 Å². The van der Waals surface area contributed by atoms with E-state index in [1.165, 1.54) is 0 Å². The van der Waals surface area contributed by atoms with Crippen LogP contribution in [0.2, 0.25) is 0 Å². The van der Waals surface area contributed by atoms with Gasteiger partial charge < -0.3 is 0 Å². The van der Waals surface area contributed by atoms with Crippen molar-refractivity contribution in [1.82, 2.24) is 5.32 Å². The predicted octanol–water partition coefficient (Wildman–Crippen LogP) is 3.74. The molecular weight excluding hydrogens is 389 g/mol. The fourth-order valence-corrected chi connectivity index (χ4v) is 5.32. The third-order valence-electron chi connectivity index (χ3n) is 5.71. The van der Waals surface area contributed by atoms with E-state index in [-0.39, 0.29) is 36.0 Å².